The lowest BCUT2D eigenvalue weighted by atomic mass is 10.1. The fourth-order valence-electron chi connectivity index (χ4n) is 1.85. The molecule has 0 aliphatic carbocycles. The Kier molecular flexibility index (Phi) is 4.12. The average Bonchev–Trinajstić information content (AvgIpc) is 2.40. The highest BCUT2D eigenvalue weighted by atomic mass is 16.5. The maximum absolute atomic E-state index is 12.0. The largest absolute Gasteiger partial charge is 0.497 e. The highest BCUT2D eigenvalue weighted by Crippen LogP contribution is 2.13. The van der Waals surface area contributed by atoms with Crippen LogP contribution in [-0.4, -0.2) is 50.6 Å². The van der Waals surface area contributed by atoms with Crippen LogP contribution in [0.5, 0.6) is 5.75 Å². The third-order valence-electron chi connectivity index (χ3n) is 2.86. The van der Waals surface area contributed by atoms with Crippen LogP contribution < -0.4 is 4.74 Å². The van der Waals surface area contributed by atoms with Crippen molar-refractivity contribution in [1.29, 1.82) is 0 Å². The van der Waals surface area contributed by atoms with E-state index in [9.17, 15) is 4.79 Å². The summed E-state index contributed by atoms with van der Waals surface area (Å²) >= 11 is 0. The molecule has 4 nitrogen and oxygen atoms in total. The van der Waals surface area contributed by atoms with Crippen molar-refractivity contribution in [1.82, 2.24) is 4.90 Å². The highest BCUT2D eigenvalue weighted by molar-refractivity contribution is 5.97. The first-order chi connectivity index (χ1) is 8.29. The number of carbonyl (C=O) groups is 1. The van der Waals surface area contributed by atoms with E-state index in [0.29, 0.717) is 25.3 Å². The monoisotopic (exact) mass is 235 g/mol. The third kappa shape index (κ3) is 3.28. The molecule has 1 aromatic rings. The topological polar surface area (TPSA) is 38.8 Å². The van der Waals surface area contributed by atoms with Crippen molar-refractivity contribution in [3.63, 3.8) is 0 Å². The molecule has 0 aromatic heterocycles. The molecule has 0 saturated carbocycles. The second kappa shape index (κ2) is 5.80. The molecule has 2 rings (SSSR count). The molecule has 1 aromatic carbocycles. The zero-order valence-corrected chi connectivity index (χ0v) is 10.0. The van der Waals surface area contributed by atoms with E-state index in [2.05, 4.69) is 4.90 Å². The van der Waals surface area contributed by atoms with Gasteiger partial charge in [0.05, 0.1) is 26.9 Å². The number of hydrogen-bond acceptors (Lipinski definition) is 4. The molecule has 1 aliphatic rings. The van der Waals surface area contributed by atoms with E-state index in [4.69, 9.17) is 9.47 Å². The molecule has 0 atom stereocenters. The van der Waals surface area contributed by atoms with Crippen LogP contribution in [0.15, 0.2) is 24.3 Å². The molecule has 17 heavy (non-hydrogen) atoms. The van der Waals surface area contributed by atoms with Gasteiger partial charge in [0, 0.05) is 18.7 Å². The predicted molar refractivity (Wildman–Crippen MR) is 64.6 cm³/mol. The molecular formula is C13H17NO3. The van der Waals surface area contributed by atoms with Crippen molar-refractivity contribution >= 4 is 5.78 Å². The lowest BCUT2D eigenvalue weighted by Gasteiger charge is -2.25. The third-order valence-corrected chi connectivity index (χ3v) is 2.86. The molecule has 4 heteroatoms. The van der Waals surface area contributed by atoms with Crippen LogP contribution >= 0.6 is 0 Å². The molecule has 0 amide bonds. The van der Waals surface area contributed by atoms with E-state index >= 15 is 0 Å². The van der Waals surface area contributed by atoms with E-state index in [1.165, 1.54) is 0 Å². The quantitative estimate of drug-likeness (QED) is 0.735. The molecule has 92 valence electrons. The zero-order chi connectivity index (χ0) is 12.1. The number of hydrogen-bond donors (Lipinski definition) is 0. The Labute approximate surface area is 101 Å². The van der Waals surface area contributed by atoms with Gasteiger partial charge < -0.3 is 9.47 Å². The smallest absolute Gasteiger partial charge is 0.176 e. The van der Waals surface area contributed by atoms with Crippen molar-refractivity contribution in [2.45, 2.75) is 0 Å². The Morgan fingerprint density at radius 3 is 2.88 bits per heavy atom. The predicted octanol–water partition coefficient (Wildman–Crippen LogP) is 1.21. The summed E-state index contributed by atoms with van der Waals surface area (Å²) in [6.07, 6.45) is 0. The molecule has 1 aliphatic heterocycles. The van der Waals surface area contributed by atoms with Gasteiger partial charge in [0.2, 0.25) is 0 Å². The van der Waals surface area contributed by atoms with Gasteiger partial charge in [-0.1, -0.05) is 12.1 Å². The van der Waals surface area contributed by atoms with Crippen LogP contribution in [0.3, 0.4) is 0 Å². The summed E-state index contributed by atoms with van der Waals surface area (Å²) in [4.78, 5) is 14.2. The van der Waals surface area contributed by atoms with Crippen molar-refractivity contribution in [2.75, 3.05) is 40.0 Å². The summed E-state index contributed by atoms with van der Waals surface area (Å²) in [5.74, 6) is 0.851. The minimum absolute atomic E-state index is 0.130. The average molecular weight is 235 g/mol. The molecule has 0 N–H and O–H groups in total. The number of ketones is 1. The minimum atomic E-state index is 0.130. The number of benzene rings is 1. The number of carbonyl (C=O) groups excluding carboxylic acids is 1. The van der Waals surface area contributed by atoms with E-state index in [1.807, 2.05) is 18.2 Å². The molecule has 0 radical (unpaired) electrons. The molecule has 1 saturated heterocycles. The van der Waals surface area contributed by atoms with Crippen molar-refractivity contribution in [2.24, 2.45) is 0 Å². The summed E-state index contributed by atoms with van der Waals surface area (Å²) in [5, 5.41) is 0. The minimum Gasteiger partial charge on any atom is -0.497 e. The Hall–Kier alpha value is -1.39. The van der Waals surface area contributed by atoms with Gasteiger partial charge in [-0.15, -0.1) is 0 Å². The van der Waals surface area contributed by atoms with Crippen LogP contribution in [0, 0.1) is 0 Å². The fraction of sp³-hybridized carbons (Fsp3) is 0.462. The Balaban J connectivity index is 1.98. The normalized spacial score (nSPS) is 16.8. The number of Topliss-reactive ketones (excluding diaryl/α,β-unsaturated/α-hetero) is 1. The summed E-state index contributed by atoms with van der Waals surface area (Å²) in [6.45, 7) is 3.54. The van der Waals surface area contributed by atoms with Gasteiger partial charge in [-0.05, 0) is 12.1 Å². The first-order valence-corrected chi connectivity index (χ1v) is 5.77. The summed E-state index contributed by atoms with van der Waals surface area (Å²) in [7, 11) is 1.60. The number of nitrogens with zero attached hydrogens (tertiary/aromatic N) is 1. The number of rotatable bonds is 4. The van der Waals surface area contributed by atoms with Gasteiger partial charge in [0.25, 0.3) is 0 Å². The van der Waals surface area contributed by atoms with Crippen LogP contribution in [-0.2, 0) is 4.74 Å². The van der Waals surface area contributed by atoms with Crippen LogP contribution in [0.1, 0.15) is 10.4 Å². The maximum atomic E-state index is 12.0. The highest BCUT2D eigenvalue weighted by Gasteiger charge is 2.15. The zero-order valence-electron chi connectivity index (χ0n) is 10.0. The van der Waals surface area contributed by atoms with E-state index in [0.717, 1.165) is 18.8 Å². The number of morpholine rings is 1. The molecule has 0 spiro atoms. The van der Waals surface area contributed by atoms with Gasteiger partial charge in [-0.3, -0.25) is 9.69 Å². The van der Waals surface area contributed by atoms with Gasteiger partial charge in [-0.25, -0.2) is 0 Å². The van der Waals surface area contributed by atoms with Crippen LogP contribution in [0.25, 0.3) is 0 Å². The molecule has 0 bridgehead atoms. The molecule has 0 unspecified atom stereocenters. The molecule has 1 fully saturated rings. The second-order valence-electron chi connectivity index (χ2n) is 4.04. The number of methoxy groups -OCH3 is 1. The fourth-order valence-corrected chi connectivity index (χ4v) is 1.85. The van der Waals surface area contributed by atoms with Gasteiger partial charge >= 0.3 is 0 Å². The van der Waals surface area contributed by atoms with Crippen LogP contribution in [0.2, 0.25) is 0 Å². The number of ether oxygens (including phenoxy) is 2. The van der Waals surface area contributed by atoms with E-state index in [1.54, 1.807) is 13.2 Å². The first kappa shape index (κ1) is 12.1. The first-order valence-electron chi connectivity index (χ1n) is 5.77. The Morgan fingerprint density at radius 1 is 1.41 bits per heavy atom. The SMILES string of the molecule is COc1cccc(C(=O)CN2CCOCC2)c1. The van der Waals surface area contributed by atoms with Crippen molar-refractivity contribution < 1.29 is 14.3 Å². The van der Waals surface area contributed by atoms with E-state index in [-0.39, 0.29) is 5.78 Å². The van der Waals surface area contributed by atoms with Gasteiger partial charge in [0.15, 0.2) is 5.78 Å². The van der Waals surface area contributed by atoms with Crippen molar-refractivity contribution in [3.8, 4) is 5.75 Å². The van der Waals surface area contributed by atoms with Crippen LogP contribution in [0.4, 0.5) is 0 Å². The summed E-state index contributed by atoms with van der Waals surface area (Å²) in [6, 6.07) is 7.28. The summed E-state index contributed by atoms with van der Waals surface area (Å²) < 4.78 is 10.4. The lowest BCUT2D eigenvalue weighted by Crippen LogP contribution is -2.39. The molecular weight excluding hydrogens is 218 g/mol. The van der Waals surface area contributed by atoms with Gasteiger partial charge in [-0.2, -0.15) is 0 Å². The Bertz CT molecular complexity index is 386. The second-order valence-corrected chi connectivity index (χ2v) is 4.04. The lowest BCUT2D eigenvalue weighted by molar-refractivity contribution is 0.0371. The maximum Gasteiger partial charge on any atom is 0.176 e. The Morgan fingerprint density at radius 2 is 2.18 bits per heavy atom. The van der Waals surface area contributed by atoms with Crippen molar-refractivity contribution in [3.05, 3.63) is 29.8 Å². The molecule has 1 heterocycles. The summed E-state index contributed by atoms with van der Waals surface area (Å²) in [5.41, 5.74) is 0.704. The van der Waals surface area contributed by atoms with E-state index < -0.39 is 0 Å². The standard InChI is InChI=1S/C13H17NO3/c1-16-12-4-2-3-11(9-12)13(15)10-14-5-7-17-8-6-14/h2-4,9H,5-8,10H2,1H3. The van der Waals surface area contributed by atoms with Gasteiger partial charge in [0.1, 0.15) is 5.75 Å².